The summed E-state index contributed by atoms with van der Waals surface area (Å²) < 4.78 is 28.0. The Labute approximate surface area is 81.1 Å². The summed E-state index contributed by atoms with van der Waals surface area (Å²) in [6.07, 6.45) is -0.603. The van der Waals surface area contributed by atoms with E-state index in [1.807, 2.05) is 0 Å². The van der Waals surface area contributed by atoms with Crippen LogP contribution in [0.5, 0.6) is 5.75 Å². The van der Waals surface area contributed by atoms with Gasteiger partial charge < -0.3 is 9.84 Å². The quantitative estimate of drug-likeness (QED) is 0.816. The Kier molecular flexibility index (Phi) is 3.41. The zero-order valence-corrected chi connectivity index (χ0v) is 8.00. The van der Waals surface area contributed by atoms with Crippen molar-refractivity contribution in [3.8, 4) is 5.75 Å². The van der Waals surface area contributed by atoms with Gasteiger partial charge in [0.15, 0.2) is 0 Å². The highest BCUT2D eigenvalue weighted by Gasteiger charge is 2.08. The second-order valence-corrected chi connectivity index (χ2v) is 3.08. The lowest BCUT2D eigenvalue weighted by Crippen LogP contribution is -2.03. The smallest absolute Gasteiger partial charge is 0.387 e. The number of hydrogen-bond acceptors (Lipinski definition) is 2. The maximum absolute atomic E-state index is 11.9. The fraction of sp³-hybridized carbons (Fsp3) is 0.400. The highest BCUT2D eigenvalue weighted by Crippen LogP contribution is 2.23. The van der Waals surface area contributed by atoms with E-state index in [0.29, 0.717) is 11.1 Å². The molecule has 0 heterocycles. The van der Waals surface area contributed by atoms with E-state index in [1.165, 1.54) is 6.07 Å². The van der Waals surface area contributed by atoms with Crippen LogP contribution in [0.4, 0.5) is 8.78 Å². The average molecular weight is 202 g/mol. The molecule has 0 aliphatic carbocycles. The number of benzene rings is 1. The highest BCUT2D eigenvalue weighted by molar-refractivity contribution is 5.36. The van der Waals surface area contributed by atoms with E-state index >= 15 is 0 Å². The molecule has 4 heteroatoms. The van der Waals surface area contributed by atoms with Crippen molar-refractivity contribution in [2.75, 3.05) is 0 Å². The first-order valence-corrected chi connectivity index (χ1v) is 4.24. The van der Waals surface area contributed by atoms with Crippen LogP contribution in [0.25, 0.3) is 0 Å². The Hall–Kier alpha value is -1.16. The van der Waals surface area contributed by atoms with Crippen LogP contribution in [-0.2, 0) is 0 Å². The third-order valence-corrected chi connectivity index (χ3v) is 1.90. The molecule has 0 radical (unpaired) electrons. The second kappa shape index (κ2) is 4.37. The maximum Gasteiger partial charge on any atom is 0.387 e. The van der Waals surface area contributed by atoms with E-state index < -0.39 is 12.7 Å². The molecule has 0 aliphatic heterocycles. The van der Waals surface area contributed by atoms with Gasteiger partial charge in [-0.15, -0.1) is 0 Å². The summed E-state index contributed by atoms with van der Waals surface area (Å²) in [5.41, 5.74) is 1.27. The predicted molar refractivity (Wildman–Crippen MR) is 48.4 cm³/mol. The number of hydrogen-bond donors (Lipinski definition) is 1. The zero-order chi connectivity index (χ0) is 10.7. The molecule has 1 N–H and O–H groups in total. The number of aryl methyl sites for hydroxylation is 1. The number of alkyl halides is 2. The van der Waals surface area contributed by atoms with Gasteiger partial charge in [-0.2, -0.15) is 8.78 Å². The van der Waals surface area contributed by atoms with Gasteiger partial charge in [0.2, 0.25) is 0 Å². The molecule has 1 rings (SSSR count). The predicted octanol–water partition coefficient (Wildman–Crippen LogP) is 2.65. The van der Waals surface area contributed by atoms with Crippen molar-refractivity contribution in [3.63, 3.8) is 0 Å². The molecule has 0 bridgehead atoms. The number of aliphatic hydroxyl groups excluding tert-OH is 1. The van der Waals surface area contributed by atoms with E-state index in [2.05, 4.69) is 4.74 Å². The minimum atomic E-state index is -2.81. The van der Waals surface area contributed by atoms with Crippen molar-refractivity contribution in [3.05, 3.63) is 29.3 Å². The Balaban J connectivity index is 2.90. The van der Waals surface area contributed by atoms with Crippen LogP contribution >= 0.6 is 0 Å². The topological polar surface area (TPSA) is 29.5 Å². The van der Waals surface area contributed by atoms with E-state index in [1.54, 1.807) is 26.0 Å². The first-order valence-electron chi connectivity index (χ1n) is 4.24. The molecule has 2 nitrogen and oxygen atoms in total. The summed E-state index contributed by atoms with van der Waals surface area (Å²) in [4.78, 5) is 0. The number of ether oxygens (including phenoxy) is 1. The van der Waals surface area contributed by atoms with Gasteiger partial charge in [-0.25, -0.2) is 0 Å². The Morgan fingerprint density at radius 1 is 1.36 bits per heavy atom. The third-order valence-electron chi connectivity index (χ3n) is 1.90. The van der Waals surface area contributed by atoms with Crippen molar-refractivity contribution in [1.82, 2.24) is 0 Å². The molecule has 0 spiro atoms. The first-order chi connectivity index (χ1) is 6.50. The van der Waals surface area contributed by atoms with Crippen LogP contribution in [-0.4, -0.2) is 11.7 Å². The van der Waals surface area contributed by atoms with Crippen LogP contribution in [0.2, 0.25) is 0 Å². The fourth-order valence-corrected chi connectivity index (χ4v) is 1.16. The van der Waals surface area contributed by atoms with Gasteiger partial charge >= 0.3 is 6.61 Å². The maximum atomic E-state index is 11.9. The van der Waals surface area contributed by atoms with Crippen molar-refractivity contribution in [2.24, 2.45) is 0 Å². The van der Waals surface area contributed by atoms with Gasteiger partial charge in [0.1, 0.15) is 5.75 Å². The number of halogens is 2. The molecule has 0 amide bonds. The molecular formula is C10H12F2O2. The lowest BCUT2D eigenvalue weighted by atomic mass is 10.1. The van der Waals surface area contributed by atoms with Crippen molar-refractivity contribution < 1.29 is 18.6 Å². The molecular weight excluding hydrogens is 190 g/mol. The number of aliphatic hydroxyl groups is 1. The molecule has 0 fully saturated rings. The zero-order valence-electron chi connectivity index (χ0n) is 8.00. The van der Waals surface area contributed by atoms with Gasteiger partial charge in [0, 0.05) is 0 Å². The van der Waals surface area contributed by atoms with Gasteiger partial charge in [0.05, 0.1) is 6.10 Å². The fourth-order valence-electron chi connectivity index (χ4n) is 1.16. The molecule has 0 unspecified atom stereocenters. The van der Waals surface area contributed by atoms with Crippen molar-refractivity contribution in [2.45, 2.75) is 26.6 Å². The van der Waals surface area contributed by atoms with Gasteiger partial charge in [-0.1, -0.05) is 6.07 Å². The molecule has 0 saturated carbocycles. The summed E-state index contributed by atoms with van der Waals surface area (Å²) >= 11 is 0. The summed E-state index contributed by atoms with van der Waals surface area (Å²) in [6.45, 7) is 0.456. The van der Waals surface area contributed by atoms with E-state index in [-0.39, 0.29) is 5.75 Å². The highest BCUT2D eigenvalue weighted by atomic mass is 19.3. The van der Waals surface area contributed by atoms with Crippen LogP contribution < -0.4 is 4.74 Å². The number of rotatable bonds is 3. The monoisotopic (exact) mass is 202 g/mol. The summed E-state index contributed by atoms with van der Waals surface area (Å²) in [5.74, 6) is 0.143. The molecule has 1 atom stereocenters. The van der Waals surface area contributed by atoms with Gasteiger partial charge in [0.25, 0.3) is 0 Å². The first kappa shape index (κ1) is 10.9. The lowest BCUT2D eigenvalue weighted by Gasteiger charge is -2.10. The van der Waals surface area contributed by atoms with Crippen LogP contribution in [0.15, 0.2) is 18.2 Å². The van der Waals surface area contributed by atoms with E-state index in [9.17, 15) is 13.9 Å². The normalized spacial score (nSPS) is 13.0. The standard InChI is InChI=1S/C10H12F2O2/c1-6-5-8(7(2)13)3-4-9(6)14-10(11)12/h3-5,7,10,13H,1-2H3/t7-/m1/s1. The molecule has 0 aromatic heterocycles. The van der Waals surface area contributed by atoms with Gasteiger partial charge in [-0.3, -0.25) is 0 Å². The van der Waals surface area contributed by atoms with Crippen molar-refractivity contribution in [1.29, 1.82) is 0 Å². The van der Waals surface area contributed by atoms with Crippen molar-refractivity contribution >= 4 is 0 Å². The third kappa shape index (κ3) is 2.67. The molecule has 1 aromatic rings. The second-order valence-electron chi connectivity index (χ2n) is 3.08. The molecule has 14 heavy (non-hydrogen) atoms. The SMILES string of the molecule is Cc1cc([C@@H](C)O)ccc1OC(F)F. The summed E-state index contributed by atoms with van der Waals surface area (Å²) in [7, 11) is 0. The summed E-state index contributed by atoms with van der Waals surface area (Å²) in [5, 5.41) is 9.23. The Morgan fingerprint density at radius 2 is 2.00 bits per heavy atom. The van der Waals surface area contributed by atoms with Gasteiger partial charge in [-0.05, 0) is 37.1 Å². The van der Waals surface area contributed by atoms with E-state index in [0.717, 1.165) is 0 Å². The molecule has 0 saturated heterocycles. The Morgan fingerprint density at radius 3 is 2.43 bits per heavy atom. The minimum Gasteiger partial charge on any atom is -0.435 e. The molecule has 1 aromatic carbocycles. The Bertz CT molecular complexity index is 311. The molecule has 78 valence electrons. The summed E-state index contributed by atoms with van der Waals surface area (Å²) in [6, 6.07) is 4.63. The molecule has 0 aliphatic rings. The van der Waals surface area contributed by atoms with Crippen LogP contribution in [0.1, 0.15) is 24.2 Å². The average Bonchev–Trinajstić information content (AvgIpc) is 2.07. The van der Waals surface area contributed by atoms with Crippen LogP contribution in [0.3, 0.4) is 0 Å². The largest absolute Gasteiger partial charge is 0.435 e. The minimum absolute atomic E-state index is 0.143. The van der Waals surface area contributed by atoms with Crippen LogP contribution in [0, 0.1) is 6.92 Å². The lowest BCUT2D eigenvalue weighted by molar-refractivity contribution is -0.0503. The van der Waals surface area contributed by atoms with E-state index in [4.69, 9.17) is 0 Å².